The van der Waals surface area contributed by atoms with E-state index in [1.54, 1.807) is 11.8 Å². The lowest BCUT2D eigenvalue weighted by Crippen LogP contribution is -2.41. The van der Waals surface area contributed by atoms with E-state index in [0.717, 1.165) is 29.3 Å². The topological polar surface area (TPSA) is 129 Å². The summed E-state index contributed by atoms with van der Waals surface area (Å²) in [5, 5.41) is 15.4. The Hall–Kier alpha value is -3.60. The van der Waals surface area contributed by atoms with Gasteiger partial charge in [-0.15, -0.1) is 0 Å². The van der Waals surface area contributed by atoms with Gasteiger partial charge in [0.1, 0.15) is 28.9 Å². The van der Waals surface area contributed by atoms with Crippen molar-refractivity contribution in [1.29, 1.82) is 0 Å². The van der Waals surface area contributed by atoms with Crippen molar-refractivity contribution in [3.05, 3.63) is 73.7 Å². The molecule has 2 saturated heterocycles. The molecule has 3 heterocycles. The van der Waals surface area contributed by atoms with Gasteiger partial charge in [0.15, 0.2) is 5.82 Å². The van der Waals surface area contributed by atoms with Crippen LogP contribution in [0.5, 0.6) is 0 Å². The standard InChI is InChI=1S/C26H26FN3O6S/c1-13-9-10-17(36-13)20(18-8-4-12-37-18)29-22-21(23(31)24(22)32)28-15-6-2-5-14(19(15)27)25(33)30-11-3-7-16(30)26(34)35/h2,5-6,9-10,16,18,20,28-29H,3-4,7-8,11-12H2,1H3,(H,34,35). The molecule has 2 aliphatic heterocycles. The first-order chi connectivity index (χ1) is 17.8. The normalized spacial score (nSPS) is 20.3. The first-order valence-electron chi connectivity index (χ1n) is 12.1. The summed E-state index contributed by atoms with van der Waals surface area (Å²) in [7, 11) is 0. The number of aryl methyl sites for hydroxylation is 1. The summed E-state index contributed by atoms with van der Waals surface area (Å²) in [4.78, 5) is 50.6. The van der Waals surface area contributed by atoms with Crippen LogP contribution in [0.3, 0.4) is 0 Å². The van der Waals surface area contributed by atoms with Crippen molar-refractivity contribution in [2.75, 3.05) is 22.9 Å². The number of nitrogens with zero attached hydrogens (tertiary/aromatic N) is 1. The molecule has 0 aliphatic carbocycles. The zero-order valence-corrected chi connectivity index (χ0v) is 20.9. The molecule has 11 heteroatoms. The van der Waals surface area contributed by atoms with E-state index >= 15 is 4.39 Å². The third kappa shape index (κ3) is 4.63. The highest BCUT2D eigenvalue weighted by molar-refractivity contribution is 8.00. The molecule has 1 aromatic heterocycles. The van der Waals surface area contributed by atoms with Crippen molar-refractivity contribution in [3.63, 3.8) is 0 Å². The second kappa shape index (κ2) is 10.0. The van der Waals surface area contributed by atoms with E-state index < -0.39 is 34.6 Å². The average molecular weight is 528 g/mol. The molecule has 1 amide bonds. The number of carboxylic acid groups (broad SMARTS) is 1. The molecule has 0 spiro atoms. The smallest absolute Gasteiger partial charge is 0.326 e. The van der Waals surface area contributed by atoms with Gasteiger partial charge in [0.25, 0.3) is 16.8 Å². The number of carbonyl (C=O) groups is 2. The number of carbonyl (C=O) groups excluding carboxylic acids is 1. The summed E-state index contributed by atoms with van der Waals surface area (Å²) >= 11 is 1.75. The molecule has 9 nitrogen and oxygen atoms in total. The molecule has 2 aromatic carbocycles. The Kier molecular flexibility index (Phi) is 6.80. The Balaban J connectivity index is 1.42. The summed E-state index contributed by atoms with van der Waals surface area (Å²) in [6.45, 7) is 2.04. The molecule has 3 aromatic rings. The molecule has 5 rings (SSSR count). The van der Waals surface area contributed by atoms with Crippen LogP contribution in [0.15, 0.2) is 44.3 Å². The van der Waals surface area contributed by atoms with E-state index in [0.29, 0.717) is 18.6 Å². The number of benzene rings is 1. The van der Waals surface area contributed by atoms with Crippen LogP contribution in [0.25, 0.3) is 0 Å². The summed E-state index contributed by atoms with van der Waals surface area (Å²) in [5.41, 5.74) is -2.02. The van der Waals surface area contributed by atoms with Crippen LogP contribution in [-0.4, -0.2) is 45.5 Å². The van der Waals surface area contributed by atoms with Gasteiger partial charge >= 0.3 is 5.97 Å². The second-order valence-electron chi connectivity index (χ2n) is 9.32. The van der Waals surface area contributed by atoms with Gasteiger partial charge in [-0.05, 0) is 62.6 Å². The van der Waals surface area contributed by atoms with Gasteiger partial charge in [-0.2, -0.15) is 11.8 Å². The molecule has 3 N–H and O–H groups in total. The van der Waals surface area contributed by atoms with Gasteiger partial charge in [-0.25, -0.2) is 9.18 Å². The fraction of sp³-hybridized carbons (Fsp3) is 0.385. The lowest BCUT2D eigenvalue weighted by atomic mass is 10.0. The van der Waals surface area contributed by atoms with E-state index in [9.17, 15) is 24.3 Å². The van der Waals surface area contributed by atoms with Crippen LogP contribution in [-0.2, 0) is 4.79 Å². The molecule has 3 unspecified atom stereocenters. The Morgan fingerprint density at radius 2 is 1.92 bits per heavy atom. The van der Waals surface area contributed by atoms with Gasteiger partial charge in [0.2, 0.25) is 0 Å². The fourth-order valence-electron chi connectivity index (χ4n) is 4.99. The van der Waals surface area contributed by atoms with Crippen molar-refractivity contribution in [2.24, 2.45) is 0 Å². The number of nitrogens with one attached hydrogen (secondary N) is 2. The number of likely N-dealkylation sites (tertiary alicyclic amines) is 1. The summed E-state index contributed by atoms with van der Waals surface area (Å²) < 4.78 is 21.3. The van der Waals surface area contributed by atoms with Gasteiger partial charge in [0.05, 0.1) is 17.3 Å². The van der Waals surface area contributed by atoms with Crippen molar-refractivity contribution in [1.82, 2.24) is 4.90 Å². The molecule has 3 atom stereocenters. The Morgan fingerprint density at radius 1 is 1.14 bits per heavy atom. The number of aliphatic carboxylic acids is 1. The first-order valence-corrected chi connectivity index (χ1v) is 13.2. The number of furan rings is 1. The van der Waals surface area contributed by atoms with Gasteiger partial charge in [0, 0.05) is 11.8 Å². The number of anilines is 3. The van der Waals surface area contributed by atoms with Gasteiger partial charge < -0.3 is 25.1 Å². The number of carboxylic acids is 1. The molecule has 0 radical (unpaired) electrons. The van der Waals surface area contributed by atoms with Crippen LogP contribution in [0.2, 0.25) is 0 Å². The van der Waals surface area contributed by atoms with Crippen LogP contribution in [0, 0.1) is 12.7 Å². The van der Waals surface area contributed by atoms with E-state index in [-0.39, 0.29) is 40.5 Å². The molecule has 0 bridgehead atoms. The number of amides is 1. The SMILES string of the molecule is Cc1ccc(C(Nc2c(Nc3cccc(C(=O)N4CCCC4C(=O)O)c3F)c(=O)c2=O)C2CCCS2)o1. The van der Waals surface area contributed by atoms with Crippen LogP contribution >= 0.6 is 11.8 Å². The molecule has 0 saturated carbocycles. The third-order valence-corrected chi connectivity index (χ3v) is 8.36. The third-order valence-electron chi connectivity index (χ3n) is 6.90. The van der Waals surface area contributed by atoms with Gasteiger partial charge in [-0.1, -0.05) is 6.07 Å². The highest BCUT2D eigenvalue weighted by Crippen LogP contribution is 2.39. The highest BCUT2D eigenvalue weighted by Gasteiger charge is 2.36. The zero-order valence-electron chi connectivity index (χ0n) is 20.1. The number of hydrogen-bond acceptors (Lipinski definition) is 8. The maximum absolute atomic E-state index is 15.4. The number of hydrogen-bond donors (Lipinski definition) is 3. The lowest BCUT2D eigenvalue weighted by Gasteiger charge is -2.25. The first kappa shape index (κ1) is 25.1. The zero-order chi connectivity index (χ0) is 26.3. The largest absolute Gasteiger partial charge is 0.480 e. The van der Waals surface area contributed by atoms with Crippen molar-refractivity contribution in [3.8, 4) is 0 Å². The number of rotatable bonds is 8. The lowest BCUT2D eigenvalue weighted by molar-refractivity contribution is -0.141. The molecule has 2 fully saturated rings. The molecule has 194 valence electrons. The Bertz CT molecular complexity index is 1420. The molecule has 37 heavy (non-hydrogen) atoms. The quantitative estimate of drug-likeness (QED) is 0.375. The minimum Gasteiger partial charge on any atom is -0.480 e. The van der Waals surface area contributed by atoms with Crippen molar-refractivity contribution < 1.29 is 23.5 Å². The van der Waals surface area contributed by atoms with Gasteiger partial charge in [-0.3, -0.25) is 14.4 Å². The number of thioether (sulfide) groups is 1. The van der Waals surface area contributed by atoms with E-state index in [4.69, 9.17) is 4.42 Å². The maximum Gasteiger partial charge on any atom is 0.326 e. The predicted octanol–water partition coefficient (Wildman–Crippen LogP) is 3.80. The maximum atomic E-state index is 15.4. The highest BCUT2D eigenvalue weighted by atomic mass is 32.2. The fourth-order valence-corrected chi connectivity index (χ4v) is 6.35. The number of halogens is 1. The monoisotopic (exact) mass is 527 g/mol. The summed E-state index contributed by atoms with van der Waals surface area (Å²) in [6.07, 6.45) is 2.74. The minimum absolute atomic E-state index is 0.0400. The van der Waals surface area contributed by atoms with E-state index in [1.807, 2.05) is 19.1 Å². The van der Waals surface area contributed by atoms with Crippen LogP contribution in [0.4, 0.5) is 21.5 Å². The Morgan fingerprint density at radius 3 is 2.59 bits per heavy atom. The summed E-state index contributed by atoms with van der Waals surface area (Å²) in [5.74, 6) is -0.450. The second-order valence-corrected chi connectivity index (χ2v) is 10.7. The van der Waals surface area contributed by atoms with Crippen molar-refractivity contribution >= 4 is 40.7 Å². The van der Waals surface area contributed by atoms with Crippen LogP contribution in [0.1, 0.15) is 53.6 Å². The summed E-state index contributed by atoms with van der Waals surface area (Å²) in [6, 6.07) is 6.36. The predicted molar refractivity (Wildman–Crippen MR) is 138 cm³/mol. The molecular formula is C26H26FN3O6S. The van der Waals surface area contributed by atoms with E-state index in [1.165, 1.54) is 18.2 Å². The minimum atomic E-state index is -1.14. The Labute approximate surface area is 215 Å². The van der Waals surface area contributed by atoms with E-state index in [2.05, 4.69) is 10.6 Å². The van der Waals surface area contributed by atoms with Crippen molar-refractivity contribution in [2.45, 2.75) is 49.9 Å². The molecular weight excluding hydrogens is 501 g/mol. The average Bonchev–Trinajstić information content (AvgIpc) is 3.66. The molecule has 2 aliphatic rings. The van der Waals surface area contributed by atoms with Crippen LogP contribution < -0.4 is 21.5 Å².